The number of hydrogen-bond donors (Lipinski definition) is 1. The molecule has 1 heterocycles. The van der Waals surface area contributed by atoms with Crippen molar-refractivity contribution in [3.05, 3.63) is 88.2 Å². The Hall–Kier alpha value is -3.58. The van der Waals surface area contributed by atoms with Gasteiger partial charge in [0.25, 0.3) is 0 Å². The summed E-state index contributed by atoms with van der Waals surface area (Å²) < 4.78 is 19.3. The number of anilines is 2. The molecule has 34 heavy (non-hydrogen) atoms. The maximum atomic E-state index is 13.4. The third-order valence-electron chi connectivity index (χ3n) is 5.63. The Morgan fingerprint density at radius 1 is 1.12 bits per heavy atom. The van der Waals surface area contributed by atoms with Crippen LogP contribution in [0.4, 0.5) is 20.6 Å². The molecule has 1 aliphatic heterocycles. The van der Waals surface area contributed by atoms with Gasteiger partial charge >= 0.3 is 6.03 Å². The first-order chi connectivity index (χ1) is 16.3. The van der Waals surface area contributed by atoms with Crippen molar-refractivity contribution < 1.29 is 18.7 Å². The number of urea groups is 1. The largest absolute Gasteiger partial charge is 0.491 e. The average molecular weight is 482 g/mol. The van der Waals surface area contributed by atoms with E-state index in [0.29, 0.717) is 37.7 Å². The second-order valence-electron chi connectivity index (χ2n) is 8.21. The highest BCUT2D eigenvalue weighted by molar-refractivity contribution is 6.31. The van der Waals surface area contributed by atoms with E-state index in [0.717, 1.165) is 22.4 Å². The molecule has 0 aliphatic carbocycles. The molecule has 0 radical (unpaired) electrons. The summed E-state index contributed by atoms with van der Waals surface area (Å²) >= 11 is 5.82. The van der Waals surface area contributed by atoms with Crippen molar-refractivity contribution >= 4 is 34.9 Å². The van der Waals surface area contributed by atoms with Gasteiger partial charge in [-0.2, -0.15) is 0 Å². The number of halogens is 2. The number of benzene rings is 3. The Balaban J connectivity index is 1.51. The van der Waals surface area contributed by atoms with Crippen molar-refractivity contribution in [1.29, 1.82) is 0 Å². The molecule has 0 saturated heterocycles. The molecule has 0 unspecified atom stereocenters. The second kappa shape index (κ2) is 10.1. The van der Waals surface area contributed by atoms with Gasteiger partial charge in [-0.3, -0.25) is 4.79 Å². The zero-order chi connectivity index (χ0) is 24.2. The first-order valence-corrected chi connectivity index (χ1v) is 11.3. The zero-order valence-corrected chi connectivity index (χ0v) is 19.7. The molecule has 0 bridgehead atoms. The van der Waals surface area contributed by atoms with Crippen molar-refractivity contribution in [3.8, 4) is 5.75 Å². The predicted molar refractivity (Wildman–Crippen MR) is 131 cm³/mol. The smallest absolute Gasteiger partial charge is 0.322 e. The predicted octanol–water partition coefficient (Wildman–Crippen LogP) is 5.77. The molecule has 3 amide bonds. The maximum Gasteiger partial charge on any atom is 0.322 e. The zero-order valence-electron chi connectivity index (χ0n) is 19.0. The lowest BCUT2D eigenvalue weighted by molar-refractivity contribution is -0.116. The van der Waals surface area contributed by atoms with Crippen LogP contribution in [0.1, 0.15) is 23.6 Å². The summed E-state index contributed by atoms with van der Waals surface area (Å²) in [5.74, 6) is 0.0946. The monoisotopic (exact) mass is 481 g/mol. The van der Waals surface area contributed by atoms with Crippen LogP contribution in [0.15, 0.2) is 60.7 Å². The number of aryl methyl sites for hydroxylation is 1. The highest BCUT2D eigenvalue weighted by Crippen LogP contribution is 2.27. The van der Waals surface area contributed by atoms with E-state index in [9.17, 15) is 14.0 Å². The van der Waals surface area contributed by atoms with Gasteiger partial charge in [-0.25, -0.2) is 9.18 Å². The molecule has 3 aromatic rings. The molecule has 0 spiro atoms. The van der Waals surface area contributed by atoms with Crippen molar-refractivity contribution in [1.82, 2.24) is 4.90 Å². The Morgan fingerprint density at radius 2 is 1.88 bits per heavy atom. The number of carbonyl (C=O) groups is 2. The van der Waals surface area contributed by atoms with Gasteiger partial charge < -0.3 is 19.9 Å². The van der Waals surface area contributed by atoms with E-state index in [1.165, 1.54) is 18.2 Å². The fraction of sp³-hybridized carbons (Fsp3) is 0.231. The molecule has 1 aliphatic rings. The Bertz CT molecular complexity index is 1220. The Kier molecular flexibility index (Phi) is 7.03. The topological polar surface area (TPSA) is 61.9 Å². The number of ether oxygens (including phenoxy) is 1. The fourth-order valence-electron chi connectivity index (χ4n) is 3.79. The van der Waals surface area contributed by atoms with Crippen LogP contribution < -0.4 is 15.0 Å². The van der Waals surface area contributed by atoms with Crippen LogP contribution in [0.2, 0.25) is 5.02 Å². The SMILES string of the molecule is CC(=O)N(Cc1ccc2c(c1)CN(C(=O)Nc1ccc(F)c(Cl)c1)CCO2)c1ccc(C)cc1. The lowest BCUT2D eigenvalue weighted by atomic mass is 10.1. The molecular weight excluding hydrogens is 457 g/mol. The van der Waals surface area contributed by atoms with Crippen molar-refractivity contribution in [2.24, 2.45) is 0 Å². The van der Waals surface area contributed by atoms with Gasteiger partial charge in [-0.05, 0) is 55.0 Å². The fourth-order valence-corrected chi connectivity index (χ4v) is 3.97. The number of amides is 3. The highest BCUT2D eigenvalue weighted by atomic mass is 35.5. The number of hydrogen-bond acceptors (Lipinski definition) is 3. The lowest BCUT2D eigenvalue weighted by Crippen LogP contribution is -2.36. The third-order valence-corrected chi connectivity index (χ3v) is 5.92. The molecule has 1 N–H and O–H groups in total. The summed E-state index contributed by atoms with van der Waals surface area (Å²) in [4.78, 5) is 28.5. The lowest BCUT2D eigenvalue weighted by Gasteiger charge is -2.23. The molecule has 6 nitrogen and oxygen atoms in total. The van der Waals surface area contributed by atoms with Crippen LogP contribution in [-0.2, 0) is 17.9 Å². The first-order valence-electron chi connectivity index (χ1n) is 10.9. The Labute approximate surface area is 202 Å². The van der Waals surface area contributed by atoms with Crippen molar-refractivity contribution in [2.75, 3.05) is 23.4 Å². The van der Waals surface area contributed by atoms with E-state index in [2.05, 4.69) is 5.32 Å². The van der Waals surface area contributed by atoms with Crippen molar-refractivity contribution in [3.63, 3.8) is 0 Å². The van der Waals surface area contributed by atoms with Crippen LogP contribution in [-0.4, -0.2) is 30.0 Å². The van der Waals surface area contributed by atoms with E-state index in [1.807, 2.05) is 49.4 Å². The van der Waals surface area contributed by atoms with E-state index in [4.69, 9.17) is 16.3 Å². The highest BCUT2D eigenvalue weighted by Gasteiger charge is 2.21. The number of nitrogens with one attached hydrogen (secondary N) is 1. The molecule has 0 atom stereocenters. The van der Waals surface area contributed by atoms with Crippen LogP contribution in [0.3, 0.4) is 0 Å². The van der Waals surface area contributed by atoms with Gasteiger partial charge in [0, 0.05) is 23.9 Å². The molecule has 176 valence electrons. The Morgan fingerprint density at radius 3 is 2.59 bits per heavy atom. The van der Waals surface area contributed by atoms with E-state index < -0.39 is 5.82 Å². The van der Waals surface area contributed by atoms with Crippen LogP contribution in [0.25, 0.3) is 0 Å². The summed E-state index contributed by atoms with van der Waals surface area (Å²) in [6.07, 6.45) is 0. The summed E-state index contributed by atoms with van der Waals surface area (Å²) in [6.45, 7) is 4.99. The molecule has 0 saturated carbocycles. The van der Waals surface area contributed by atoms with Gasteiger partial charge in [-0.1, -0.05) is 35.4 Å². The minimum Gasteiger partial charge on any atom is -0.491 e. The van der Waals surface area contributed by atoms with E-state index >= 15 is 0 Å². The van der Waals surface area contributed by atoms with Crippen LogP contribution >= 0.6 is 11.6 Å². The van der Waals surface area contributed by atoms with Gasteiger partial charge in [0.05, 0.1) is 24.7 Å². The van der Waals surface area contributed by atoms with E-state index in [1.54, 1.807) is 16.7 Å². The number of carbonyl (C=O) groups excluding carboxylic acids is 2. The third kappa shape index (κ3) is 5.48. The molecule has 8 heteroatoms. The van der Waals surface area contributed by atoms with Crippen molar-refractivity contribution in [2.45, 2.75) is 26.9 Å². The quantitative estimate of drug-likeness (QED) is 0.514. The molecule has 4 rings (SSSR count). The number of nitrogens with zero attached hydrogens (tertiary/aromatic N) is 2. The minimum absolute atomic E-state index is 0.0596. The van der Waals surface area contributed by atoms with E-state index in [-0.39, 0.29) is 17.0 Å². The van der Waals surface area contributed by atoms with Gasteiger partial charge in [0.1, 0.15) is 18.2 Å². The number of rotatable bonds is 4. The standard InChI is InChI=1S/C26H25ClFN3O3/c1-17-3-7-22(8-4-17)31(18(2)32)15-19-5-10-25-20(13-19)16-30(11-12-34-25)26(33)29-21-6-9-24(28)23(27)14-21/h3-10,13-14H,11-12,15-16H2,1-2H3,(H,29,33). The molecule has 0 fully saturated rings. The molecular formula is C26H25ClFN3O3. The molecule has 0 aromatic heterocycles. The second-order valence-corrected chi connectivity index (χ2v) is 8.62. The first kappa shape index (κ1) is 23.6. The van der Waals surface area contributed by atoms with Gasteiger partial charge in [-0.15, -0.1) is 0 Å². The molecule has 3 aromatic carbocycles. The summed E-state index contributed by atoms with van der Waals surface area (Å²) in [6, 6.07) is 17.3. The normalized spacial score (nSPS) is 12.9. The van der Waals surface area contributed by atoms with Crippen LogP contribution in [0.5, 0.6) is 5.75 Å². The van der Waals surface area contributed by atoms with Gasteiger partial charge in [0.15, 0.2) is 0 Å². The average Bonchev–Trinajstić information content (AvgIpc) is 3.02. The number of fused-ring (bicyclic) bond motifs is 1. The summed E-state index contributed by atoms with van der Waals surface area (Å²) in [5, 5.41) is 2.69. The minimum atomic E-state index is -0.547. The van der Waals surface area contributed by atoms with Crippen LogP contribution in [0, 0.1) is 12.7 Å². The summed E-state index contributed by atoms with van der Waals surface area (Å²) in [5.41, 5.74) is 4.12. The van der Waals surface area contributed by atoms with Gasteiger partial charge in [0.2, 0.25) is 5.91 Å². The maximum absolute atomic E-state index is 13.4. The summed E-state index contributed by atoms with van der Waals surface area (Å²) in [7, 11) is 0.